The van der Waals surface area contributed by atoms with Crippen LogP contribution in [0.5, 0.6) is 0 Å². The summed E-state index contributed by atoms with van der Waals surface area (Å²) in [6, 6.07) is 8.57. The maximum Gasteiger partial charge on any atom is 0.267 e. The van der Waals surface area contributed by atoms with Gasteiger partial charge in [-0.05, 0) is 5.56 Å². The van der Waals surface area contributed by atoms with Gasteiger partial charge in [-0.15, -0.1) is 5.10 Å². The first-order chi connectivity index (χ1) is 11.3. The second kappa shape index (κ2) is 5.05. The summed E-state index contributed by atoms with van der Waals surface area (Å²) in [5.41, 5.74) is 0.794. The Labute approximate surface area is 136 Å². The average Bonchev–Trinajstić information content (AvgIpc) is 3.07. The summed E-state index contributed by atoms with van der Waals surface area (Å²) in [7, 11) is -4.07. The van der Waals surface area contributed by atoms with Crippen molar-refractivity contribution in [3.05, 3.63) is 41.7 Å². The smallest absolute Gasteiger partial charge is 0.239 e. The molecule has 1 fully saturated rings. The number of alkyl halides is 3. The van der Waals surface area contributed by atoms with Gasteiger partial charge in [0.1, 0.15) is 0 Å². The van der Waals surface area contributed by atoms with Gasteiger partial charge in [-0.2, -0.15) is 4.98 Å². The van der Waals surface area contributed by atoms with Gasteiger partial charge in [-0.3, -0.25) is 0 Å². The van der Waals surface area contributed by atoms with Crippen LogP contribution in [0.15, 0.2) is 35.5 Å². The second-order valence-electron chi connectivity index (χ2n) is 6.26. The molecule has 0 amide bonds. The van der Waals surface area contributed by atoms with E-state index in [9.17, 15) is 21.6 Å². The average molecular weight is 357 g/mol. The Morgan fingerprint density at radius 1 is 1.17 bits per heavy atom. The van der Waals surface area contributed by atoms with Crippen LogP contribution in [0.25, 0.3) is 0 Å². The molecular weight excluding hydrogens is 343 g/mol. The molecule has 0 N–H and O–H groups in total. The molecular formula is C15H14F3N3O2S. The van der Waals surface area contributed by atoms with E-state index >= 15 is 0 Å². The fraction of sp³-hybridized carbons (Fsp3) is 0.467. The van der Waals surface area contributed by atoms with Crippen LogP contribution in [0.1, 0.15) is 42.9 Å². The number of rotatable bonds is 3. The van der Waals surface area contributed by atoms with E-state index in [1.165, 1.54) is 4.68 Å². The number of benzene rings is 1. The van der Waals surface area contributed by atoms with Gasteiger partial charge in [0, 0.05) is 19.3 Å². The number of fused-ring (bicyclic) bond motifs is 1. The van der Waals surface area contributed by atoms with Crippen LogP contribution in [0.4, 0.5) is 13.2 Å². The van der Waals surface area contributed by atoms with Crippen LogP contribution < -0.4 is 0 Å². The van der Waals surface area contributed by atoms with Crippen molar-refractivity contribution in [1.29, 1.82) is 0 Å². The van der Waals surface area contributed by atoms with E-state index in [2.05, 4.69) is 10.1 Å². The molecule has 0 unspecified atom stereocenters. The second-order valence-corrected chi connectivity index (χ2v) is 8.38. The molecule has 9 heteroatoms. The molecule has 2 aromatic rings. The molecule has 1 aromatic heterocycles. The van der Waals surface area contributed by atoms with Gasteiger partial charge in [-0.1, -0.05) is 30.3 Å². The highest BCUT2D eigenvalue weighted by Gasteiger charge is 2.53. The maximum absolute atomic E-state index is 14.2. The largest absolute Gasteiger partial charge is 0.267 e. The van der Waals surface area contributed by atoms with Crippen LogP contribution in [0, 0.1) is 0 Å². The molecule has 0 saturated heterocycles. The third-order valence-electron chi connectivity index (χ3n) is 4.57. The Morgan fingerprint density at radius 3 is 2.46 bits per heavy atom. The zero-order valence-electron chi connectivity index (χ0n) is 12.4. The maximum atomic E-state index is 14.2. The van der Waals surface area contributed by atoms with E-state index in [4.69, 9.17) is 0 Å². The Balaban J connectivity index is 1.69. The topological polar surface area (TPSA) is 64.8 Å². The van der Waals surface area contributed by atoms with Crippen molar-refractivity contribution in [2.24, 2.45) is 0 Å². The number of nitrogens with zero attached hydrogens (tertiary/aromatic N) is 3. The first-order valence-corrected chi connectivity index (χ1v) is 9.10. The summed E-state index contributed by atoms with van der Waals surface area (Å²) in [6.07, 6.45) is -2.78. The normalized spacial score (nSPS) is 26.1. The molecule has 0 spiro atoms. The van der Waals surface area contributed by atoms with Crippen LogP contribution in [-0.4, -0.2) is 34.4 Å². The molecule has 0 radical (unpaired) electrons. The molecule has 2 heterocycles. The molecule has 2 aliphatic rings. The summed E-state index contributed by atoms with van der Waals surface area (Å²) in [6.45, 7) is 0. The third-order valence-corrected chi connectivity index (χ3v) is 6.47. The fourth-order valence-corrected chi connectivity index (χ4v) is 4.85. The highest BCUT2D eigenvalue weighted by Crippen LogP contribution is 2.44. The first-order valence-electron chi connectivity index (χ1n) is 7.55. The predicted octanol–water partition coefficient (Wildman–Crippen LogP) is 2.85. The molecule has 1 aliphatic heterocycles. The van der Waals surface area contributed by atoms with Crippen molar-refractivity contribution in [2.45, 2.75) is 47.8 Å². The van der Waals surface area contributed by atoms with E-state index in [-0.39, 0.29) is 12.2 Å². The highest BCUT2D eigenvalue weighted by molar-refractivity contribution is 7.91. The summed E-state index contributed by atoms with van der Waals surface area (Å²) in [5.74, 6) is -3.02. The minimum atomic E-state index is -4.07. The molecule has 1 aliphatic carbocycles. The Kier molecular flexibility index (Phi) is 3.28. The van der Waals surface area contributed by atoms with Gasteiger partial charge < -0.3 is 0 Å². The standard InChI is InChI=1S/C15H14F3N3O2S/c16-11-6-12(9-4-2-1-3-5-9)21-13(11)19-14(20-21)24(22,23)10-7-15(17,18)8-10/h1-5,10-12H,6-8H2/t11-,12-/m0/s1. The summed E-state index contributed by atoms with van der Waals surface area (Å²) >= 11 is 0. The lowest BCUT2D eigenvalue weighted by molar-refractivity contribution is -0.0686. The quantitative estimate of drug-likeness (QED) is 0.847. The minimum absolute atomic E-state index is 0.0616. The van der Waals surface area contributed by atoms with Crippen molar-refractivity contribution in [2.75, 3.05) is 0 Å². The number of hydrogen-bond donors (Lipinski definition) is 0. The molecule has 1 aromatic carbocycles. The lowest BCUT2D eigenvalue weighted by atomic mass is 9.94. The van der Waals surface area contributed by atoms with E-state index in [0.29, 0.717) is 0 Å². The van der Waals surface area contributed by atoms with Gasteiger partial charge in [0.25, 0.3) is 11.1 Å². The zero-order chi connectivity index (χ0) is 17.1. The summed E-state index contributed by atoms with van der Waals surface area (Å²) in [4.78, 5) is 3.81. The third kappa shape index (κ3) is 2.33. The van der Waals surface area contributed by atoms with Crippen LogP contribution >= 0.6 is 0 Å². The monoisotopic (exact) mass is 357 g/mol. The van der Waals surface area contributed by atoms with Crippen molar-refractivity contribution < 1.29 is 21.6 Å². The lowest BCUT2D eigenvalue weighted by Crippen LogP contribution is -2.44. The predicted molar refractivity (Wildman–Crippen MR) is 78.2 cm³/mol. The Bertz CT molecular complexity index is 875. The Morgan fingerprint density at radius 2 is 1.83 bits per heavy atom. The molecule has 2 atom stereocenters. The van der Waals surface area contributed by atoms with Gasteiger partial charge in [-0.25, -0.2) is 26.3 Å². The number of sulfone groups is 1. The summed E-state index contributed by atoms with van der Waals surface area (Å²) in [5, 5.41) is 2.19. The molecule has 4 rings (SSSR count). The van der Waals surface area contributed by atoms with Crippen LogP contribution in [0.3, 0.4) is 0 Å². The number of aromatic nitrogens is 3. The molecule has 1 saturated carbocycles. The summed E-state index contributed by atoms with van der Waals surface area (Å²) < 4.78 is 66.2. The van der Waals surface area contributed by atoms with Crippen molar-refractivity contribution in [1.82, 2.24) is 14.8 Å². The number of halogens is 3. The van der Waals surface area contributed by atoms with Gasteiger partial charge >= 0.3 is 0 Å². The van der Waals surface area contributed by atoms with Gasteiger partial charge in [0.05, 0.1) is 11.3 Å². The van der Waals surface area contributed by atoms with Crippen molar-refractivity contribution >= 4 is 9.84 Å². The van der Waals surface area contributed by atoms with E-state index < -0.39 is 51.2 Å². The Hall–Kier alpha value is -1.90. The fourth-order valence-electron chi connectivity index (χ4n) is 3.21. The van der Waals surface area contributed by atoms with Crippen molar-refractivity contribution in [3.63, 3.8) is 0 Å². The van der Waals surface area contributed by atoms with Crippen LogP contribution in [0.2, 0.25) is 0 Å². The highest BCUT2D eigenvalue weighted by atomic mass is 32.2. The van der Waals surface area contributed by atoms with Crippen LogP contribution in [-0.2, 0) is 9.84 Å². The van der Waals surface area contributed by atoms with E-state index in [0.717, 1.165) is 5.56 Å². The lowest BCUT2D eigenvalue weighted by Gasteiger charge is -2.33. The molecule has 24 heavy (non-hydrogen) atoms. The zero-order valence-corrected chi connectivity index (χ0v) is 13.3. The molecule has 128 valence electrons. The molecule has 0 bridgehead atoms. The van der Waals surface area contributed by atoms with Gasteiger partial charge in [0.2, 0.25) is 9.84 Å². The SMILES string of the molecule is O=S(=O)(c1nc2n(n1)[C@H](c1ccccc1)C[C@@H]2F)C1CC(F)(F)C1. The van der Waals surface area contributed by atoms with Gasteiger partial charge in [0.15, 0.2) is 12.0 Å². The van der Waals surface area contributed by atoms with E-state index in [1.807, 2.05) is 6.07 Å². The minimum Gasteiger partial charge on any atom is -0.239 e. The van der Waals surface area contributed by atoms with Crippen molar-refractivity contribution in [3.8, 4) is 0 Å². The first kappa shape index (κ1) is 15.6. The number of hydrogen-bond acceptors (Lipinski definition) is 4. The van der Waals surface area contributed by atoms with E-state index in [1.54, 1.807) is 24.3 Å². The molecule has 5 nitrogen and oxygen atoms in total.